The van der Waals surface area contributed by atoms with E-state index in [9.17, 15) is 4.79 Å². The Morgan fingerprint density at radius 2 is 1.78 bits per heavy atom. The quantitative estimate of drug-likeness (QED) is 0.634. The van der Waals surface area contributed by atoms with E-state index in [2.05, 4.69) is 26.0 Å². The van der Waals surface area contributed by atoms with E-state index in [0.717, 1.165) is 11.1 Å². The maximum atomic E-state index is 12.3. The first-order valence-corrected chi connectivity index (χ1v) is 7.48. The second-order valence-electron chi connectivity index (χ2n) is 4.46. The summed E-state index contributed by atoms with van der Waals surface area (Å²) in [6.07, 6.45) is 0. The zero-order valence-corrected chi connectivity index (χ0v) is 12.0. The van der Waals surface area contributed by atoms with Crippen molar-refractivity contribution in [2.24, 2.45) is 0 Å². The zero-order valence-electron chi connectivity index (χ0n) is 10.3. The summed E-state index contributed by atoms with van der Waals surface area (Å²) in [4.78, 5) is 12.3. The molecule has 0 bridgehead atoms. The molecule has 0 unspecified atom stereocenters. The standard InChI is InChI=1S/C15H13NOSe/c1-10-7-8-12(9-11(10)2)16-15(17)13-5-3-4-6-14(13)18-16/h3-9H,1-2H3. The summed E-state index contributed by atoms with van der Waals surface area (Å²) in [5.74, 6) is 0. The first kappa shape index (κ1) is 11.5. The molecule has 3 aromatic rings. The van der Waals surface area contributed by atoms with Gasteiger partial charge in [0.05, 0.1) is 0 Å². The molecule has 90 valence electrons. The van der Waals surface area contributed by atoms with Gasteiger partial charge in [0.25, 0.3) is 0 Å². The van der Waals surface area contributed by atoms with Crippen molar-refractivity contribution in [3.8, 4) is 5.69 Å². The van der Waals surface area contributed by atoms with E-state index >= 15 is 0 Å². The number of benzene rings is 2. The van der Waals surface area contributed by atoms with Gasteiger partial charge in [0, 0.05) is 0 Å². The average molecular weight is 302 g/mol. The Morgan fingerprint density at radius 3 is 2.50 bits per heavy atom. The van der Waals surface area contributed by atoms with Gasteiger partial charge in [-0.3, -0.25) is 0 Å². The van der Waals surface area contributed by atoms with Crippen molar-refractivity contribution in [3.05, 3.63) is 63.9 Å². The maximum absolute atomic E-state index is 12.3. The SMILES string of the molecule is Cc1ccc(-n2[se]c3ccccc3c2=O)cc1C. The number of hydrogen-bond acceptors (Lipinski definition) is 1. The fourth-order valence-electron chi connectivity index (χ4n) is 1.99. The molecule has 0 atom stereocenters. The van der Waals surface area contributed by atoms with E-state index in [1.165, 1.54) is 15.4 Å². The average Bonchev–Trinajstić information content (AvgIpc) is 2.71. The summed E-state index contributed by atoms with van der Waals surface area (Å²) >= 11 is 0.0649. The Hall–Kier alpha value is -1.57. The molecule has 18 heavy (non-hydrogen) atoms. The summed E-state index contributed by atoms with van der Waals surface area (Å²) in [7, 11) is 0. The van der Waals surface area contributed by atoms with E-state index in [4.69, 9.17) is 0 Å². The molecule has 2 aromatic carbocycles. The first-order valence-electron chi connectivity index (χ1n) is 5.85. The second-order valence-corrected chi connectivity index (χ2v) is 6.53. The molecule has 0 aliphatic heterocycles. The summed E-state index contributed by atoms with van der Waals surface area (Å²) in [5.41, 5.74) is 3.63. The van der Waals surface area contributed by atoms with E-state index < -0.39 is 0 Å². The summed E-state index contributed by atoms with van der Waals surface area (Å²) < 4.78 is 3.08. The molecular weight excluding hydrogens is 289 g/mol. The summed E-state index contributed by atoms with van der Waals surface area (Å²) in [5, 5.41) is 0.857. The molecule has 3 rings (SSSR count). The Balaban J connectivity index is 2.28. The summed E-state index contributed by atoms with van der Waals surface area (Å²) in [6, 6.07) is 14.1. The molecule has 1 heterocycles. The van der Waals surface area contributed by atoms with Gasteiger partial charge in [-0.2, -0.15) is 0 Å². The second kappa shape index (κ2) is 4.27. The Kier molecular flexibility index (Phi) is 2.73. The number of fused-ring (bicyclic) bond motifs is 1. The van der Waals surface area contributed by atoms with Gasteiger partial charge >= 0.3 is 111 Å². The van der Waals surface area contributed by atoms with Crippen LogP contribution in [0.5, 0.6) is 0 Å². The van der Waals surface area contributed by atoms with Crippen LogP contribution < -0.4 is 5.56 Å². The fourth-order valence-corrected chi connectivity index (χ4v) is 4.07. The van der Waals surface area contributed by atoms with Crippen molar-refractivity contribution in [2.75, 3.05) is 0 Å². The van der Waals surface area contributed by atoms with E-state index in [1.54, 1.807) is 0 Å². The third-order valence-corrected chi connectivity index (χ3v) is 5.55. The molecule has 0 saturated carbocycles. The molecule has 0 fully saturated rings. The molecule has 0 radical (unpaired) electrons. The molecule has 2 nitrogen and oxygen atoms in total. The monoisotopic (exact) mass is 303 g/mol. The Morgan fingerprint density at radius 1 is 1.00 bits per heavy atom. The molecule has 0 amide bonds. The van der Waals surface area contributed by atoms with Crippen LogP contribution in [-0.4, -0.2) is 18.3 Å². The van der Waals surface area contributed by atoms with Gasteiger partial charge in [0.15, 0.2) is 0 Å². The van der Waals surface area contributed by atoms with E-state index in [0.29, 0.717) is 0 Å². The van der Waals surface area contributed by atoms with Gasteiger partial charge in [0.1, 0.15) is 0 Å². The van der Waals surface area contributed by atoms with Gasteiger partial charge in [-0.05, 0) is 0 Å². The van der Waals surface area contributed by atoms with Crippen LogP contribution in [0, 0.1) is 13.8 Å². The van der Waals surface area contributed by atoms with Crippen molar-refractivity contribution in [3.63, 3.8) is 0 Å². The molecular formula is C15H13NOSe. The van der Waals surface area contributed by atoms with Crippen LogP contribution in [0.1, 0.15) is 11.1 Å². The van der Waals surface area contributed by atoms with Crippen LogP contribution in [0.25, 0.3) is 15.3 Å². The molecule has 3 heteroatoms. The van der Waals surface area contributed by atoms with Crippen LogP contribution in [0.2, 0.25) is 0 Å². The van der Waals surface area contributed by atoms with Gasteiger partial charge in [-0.25, -0.2) is 0 Å². The fraction of sp³-hybridized carbons (Fsp3) is 0.133. The molecule has 0 aliphatic rings. The Labute approximate surface area is 111 Å². The predicted octanol–water partition coefficient (Wildman–Crippen LogP) is 2.66. The summed E-state index contributed by atoms with van der Waals surface area (Å²) in [6.45, 7) is 4.17. The van der Waals surface area contributed by atoms with Gasteiger partial charge in [-0.1, -0.05) is 0 Å². The number of rotatable bonds is 1. The van der Waals surface area contributed by atoms with Crippen molar-refractivity contribution < 1.29 is 0 Å². The van der Waals surface area contributed by atoms with E-state index in [-0.39, 0.29) is 20.3 Å². The van der Waals surface area contributed by atoms with Gasteiger partial charge < -0.3 is 0 Å². The third-order valence-electron chi connectivity index (χ3n) is 3.22. The third kappa shape index (κ3) is 1.76. The molecule has 0 spiro atoms. The minimum absolute atomic E-state index is 0.0649. The van der Waals surface area contributed by atoms with Crippen molar-refractivity contribution in [1.82, 2.24) is 3.56 Å². The van der Waals surface area contributed by atoms with Crippen LogP contribution in [-0.2, 0) is 0 Å². The van der Waals surface area contributed by atoms with Gasteiger partial charge in [0.2, 0.25) is 0 Å². The van der Waals surface area contributed by atoms with Crippen molar-refractivity contribution in [2.45, 2.75) is 13.8 Å². The number of aryl methyl sites for hydroxylation is 2. The van der Waals surface area contributed by atoms with Crippen LogP contribution in [0.3, 0.4) is 0 Å². The topological polar surface area (TPSA) is 22.0 Å². The van der Waals surface area contributed by atoms with Crippen LogP contribution >= 0.6 is 0 Å². The Bertz CT molecular complexity index is 783. The van der Waals surface area contributed by atoms with E-state index in [1.807, 2.05) is 33.9 Å². The first-order chi connectivity index (χ1) is 8.66. The predicted molar refractivity (Wildman–Crippen MR) is 76.0 cm³/mol. The number of nitrogens with zero attached hydrogens (tertiary/aromatic N) is 1. The number of hydrogen-bond donors (Lipinski definition) is 0. The molecule has 0 N–H and O–H groups in total. The molecule has 0 saturated heterocycles. The van der Waals surface area contributed by atoms with Gasteiger partial charge in [-0.15, -0.1) is 0 Å². The molecule has 1 aromatic heterocycles. The van der Waals surface area contributed by atoms with Crippen molar-refractivity contribution >= 4 is 24.4 Å². The van der Waals surface area contributed by atoms with Crippen LogP contribution in [0.15, 0.2) is 47.3 Å². The van der Waals surface area contributed by atoms with Crippen molar-refractivity contribution in [1.29, 1.82) is 0 Å². The van der Waals surface area contributed by atoms with Crippen LogP contribution in [0.4, 0.5) is 0 Å². The normalized spacial score (nSPS) is 11.0. The zero-order chi connectivity index (χ0) is 12.7. The molecule has 0 aliphatic carbocycles. The number of aromatic nitrogens is 1. The minimum atomic E-state index is 0.0649.